The Hall–Kier alpha value is -1.89. The summed E-state index contributed by atoms with van der Waals surface area (Å²) in [5.74, 6) is -0.0885. The average Bonchev–Trinajstić information content (AvgIpc) is 3.31. The van der Waals surface area contributed by atoms with Gasteiger partial charge in [0.1, 0.15) is 5.69 Å². The number of hydrogen-bond donors (Lipinski definition) is 1. The van der Waals surface area contributed by atoms with Gasteiger partial charge in [0.05, 0.1) is 18.2 Å². The molecule has 0 aromatic carbocycles. The number of nitrogens with one attached hydrogen (secondary N) is 1. The van der Waals surface area contributed by atoms with Crippen LogP contribution in [0, 0.1) is 5.92 Å². The number of esters is 1. The maximum Gasteiger partial charge on any atom is 0.308 e. The van der Waals surface area contributed by atoms with E-state index in [0.29, 0.717) is 45.0 Å². The van der Waals surface area contributed by atoms with Crippen LogP contribution in [0.2, 0.25) is 0 Å². The minimum Gasteiger partial charge on any atom is -0.465 e. The van der Waals surface area contributed by atoms with Crippen molar-refractivity contribution in [2.75, 3.05) is 26.4 Å². The molecule has 1 N–H and O–H groups in total. The van der Waals surface area contributed by atoms with Crippen molar-refractivity contribution in [2.24, 2.45) is 5.92 Å². The van der Waals surface area contributed by atoms with Gasteiger partial charge in [0.15, 0.2) is 0 Å². The van der Waals surface area contributed by atoms with Crippen LogP contribution in [0.25, 0.3) is 0 Å². The highest BCUT2D eigenvalue weighted by atomic mass is 16.5. The molecule has 1 fully saturated rings. The number of ether oxygens (including phenoxy) is 2. The van der Waals surface area contributed by atoms with Crippen LogP contribution in [0.4, 0.5) is 0 Å². The van der Waals surface area contributed by atoms with Crippen LogP contribution in [-0.4, -0.2) is 48.0 Å². The highest BCUT2D eigenvalue weighted by Crippen LogP contribution is 2.26. The van der Waals surface area contributed by atoms with E-state index in [2.05, 4.69) is 10.4 Å². The van der Waals surface area contributed by atoms with Crippen LogP contribution < -0.4 is 5.32 Å². The molecule has 0 atom stereocenters. The van der Waals surface area contributed by atoms with E-state index in [4.69, 9.17) is 9.47 Å². The van der Waals surface area contributed by atoms with E-state index < -0.39 is 0 Å². The first-order valence-electron chi connectivity index (χ1n) is 10.3. The molecule has 3 rings (SSSR count). The van der Waals surface area contributed by atoms with Crippen LogP contribution in [0.5, 0.6) is 0 Å². The number of fused-ring (bicyclic) bond motifs is 1. The molecule has 0 saturated heterocycles. The Balaban J connectivity index is 1.70. The van der Waals surface area contributed by atoms with Crippen LogP contribution >= 0.6 is 0 Å². The largest absolute Gasteiger partial charge is 0.465 e. The van der Waals surface area contributed by atoms with Gasteiger partial charge in [-0.25, -0.2) is 0 Å². The van der Waals surface area contributed by atoms with Crippen LogP contribution in [0.1, 0.15) is 67.2 Å². The highest BCUT2D eigenvalue weighted by Gasteiger charge is 2.25. The summed E-state index contributed by atoms with van der Waals surface area (Å²) >= 11 is 0. The first-order valence-corrected chi connectivity index (χ1v) is 10.3. The second kappa shape index (κ2) is 9.88. The number of aryl methyl sites for hydroxylation is 1. The monoisotopic (exact) mass is 377 g/mol. The van der Waals surface area contributed by atoms with Gasteiger partial charge in [-0.15, -0.1) is 0 Å². The van der Waals surface area contributed by atoms with Crippen molar-refractivity contribution in [1.29, 1.82) is 0 Å². The minimum atomic E-state index is -0.0822. The summed E-state index contributed by atoms with van der Waals surface area (Å²) in [5.41, 5.74) is 2.48. The standard InChI is InChI=1S/C20H31N3O4/c1-2-23-18-16(9-5-12-26-13-6-11-21-19(18)24)17(22-23)10-14-27-20(25)15-7-3-4-8-15/h15H,2-14H2,1H3,(H,21,24). The van der Waals surface area contributed by atoms with Gasteiger partial charge in [0.2, 0.25) is 0 Å². The Morgan fingerprint density at radius 1 is 1.26 bits per heavy atom. The van der Waals surface area contributed by atoms with Crippen molar-refractivity contribution >= 4 is 11.9 Å². The molecule has 0 radical (unpaired) electrons. The van der Waals surface area contributed by atoms with Crippen LogP contribution in [0.15, 0.2) is 0 Å². The molecule has 7 heteroatoms. The Labute approximate surface area is 160 Å². The molecular weight excluding hydrogens is 346 g/mol. The van der Waals surface area contributed by atoms with Gasteiger partial charge in [-0.05, 0) is 39.0 Å². The number of carbonyl (C=O) groups is 2. The van der Waals surface area contributed by atoms with Crippen LogP contribution in [-0.2, 0) is 33.7 Å². The SMILES string of the molecule is CCn1nc(CCOC(=O)C2CCCC2)c2c1C(=O)NCCCOCCC2. The molecule has 1 saturated carbocycles. The lowest BCUT2D eigenvalue weighted by Crippen LogP contribution is -2.28. The van der Waals surface area contributed by atoms with E-state index in [-0.39, 0.29) is 17.8 Å². The second-order valence-electron chi connectivity index (χ2n) is 7.31. The predicted octanol–water partition coefficient (Wildman–Crippen LogP) is 2.26. The van der Waals surface area contributed by atoms with E-state index in [1.165, 1.54) is 0 Å². The topological polar surface area (TPSA) is 82.5 Å². The lowest BCUT2D eigenvalue weighted by atomic mass is 10.0. The zero-order valence-corrected chi connectivity index (χ0v) is 16.3. The van der Waals surface area contributed by atoms with Gasteiger partial charge in [-0.2, -0.15) is 5.10 Å². The zero-order chi connectivity index (χ0) is 19.1. The predicted molar refractivity (Wildman–Crippen MR) is 101 cm³/mol. The van der Waals surface area contributed by atoms with Gasteiger partial charge >= 0.3 is 5.97 Å². The number of carbonyl (C=O) groups excluding carboxylic acids is 2. The molecule has 2 aliphatic rings. The van der Waals surface area contributed by atoms with E-state index in [1.807, 2.05) is 6.92 Å². The van der Waals surface area contributed by atoms with Gasteiger partial charge in [0, 0.05) is 38.3 Å². The normalized spacial score (nSPS) is 19.2. The molecule has 1 aromatic rings. The van der Waals surface area contributed by atoms with Crippen molar-refractivity contribution in [1.82, 2.24) is 15.1 Å². The minimum absolute atomic E-state index is 0.0674. The van der Waals surface area contributed by atoms with Gasteiger partial charge in [-0.1, -0.05) is 12.8 Å². The molecular formula is C20H31N3O4. The van der Waals surface area contributed by atoms with E-state index >= 15 is 0 Å². The lowest BCUT2D eigenvalue weighted by Gasteiger charge is -2.10. The van der Waals surface area contributed by atoms with E-state index in [9.17, 15) is 9.59 Å². The maximum absolute atomic E-state index is 12.7. The molecule has 7 nitrogen and oxygen atoms in total. The second-order valence-corrected chi connectivity index (χ2v) is 7.31. The zero-order valence-electron chi connectivity index (χ0n) is 16.3. The fourth-order valence-electron chi connectivity index (χ4n) is 3.94. The molecule has 2 heterocycles. The van der Waals surface area contributed by atoms with Gasteiger partial charge < -0.3 is 14.8 Å². The molecule has 1 aliphatic heterocycles. The molecule has 1 aromatic heterocycles. The first-order chi connectivity index (χ1) is 13.2. The molecule has 0 spiro atoms. The quantitative estimate of drug-likeness (QED) is 0.796. The van der Waals surface area contributed by atoms with Crippen molar-refractivity contribution in [3.63, 3.8) is 0 Å². The summed E-state index contributed by atoms with van der Waals surface area (Å²) in [7, 11) is 0. The fourth-order valence-corrected chi connectivity index (χ4v) is 3.94. The van der Waals surface area contributed by atoms with E-state index in [0.717, 1.165) is 56.2 Å². The van der Waals surface area contributed by atoms with Crippen molar-refractivity contribution in [2.45, 2.75) is 64.8 Å². The third-order valence-electron chi connectivity index (χ3n) is 5.39. The third kappa shape index (κ3) is 5.09. The summed E-state index contributed by atoms with van der Waals surface area (Å²) in [6, 6.07) is 0. The molecule has 27 heavy (non-hydrogen) atoms. The Morgan fingerprint density at radius 3 is 2.81 bits per heavy atom. The first kappa shape index (κ1) is 19.9. The van der Waals surface area contributed by atoms with Crippen molar-refractivity contribution in [3.05, 3.63) is 17.0 Å². The van der Waals surface area contributed by atoms with E-state index in [1.54, 1.807) is 4.68 Å². The van der Waals surface area contributed by atoms with Gasteiger partial charge in [-0.3, -0.25) is 14.3 Å². The summed E-state index contributed by atoms with van der Waals surface area (Å²) < 4.78 is 12.9. The highest BCUT2D eigenvalue weighted by molar-refractivity contribution is 5.94. The Bertz CT molecular complexity index is 650. The third-order valence-corrected chi connectivity index (χ3v) is 5.39. The summed E-state index contributed by atoms with van der Waals surface area (Å²) in [4.78, 5) is 24.8. The molecule has 150 valence electrons. The number of nitrogens with zero attached hydrogens (tertiary/aromatic N) is 2. The summed E-state index contributed by atoms with van der Waals surface area (Å²) in [6.45, 7) is 4.89. The molecule has 0 bridgehead atoms. The molecule has 1 amide bonds. The lowest BCUT2D eigenvalue weighted by molar-refractivity contribution is -0.148. The Kier molecular flexibility index (Phi) is 7.26. The van der Waals surface area contributed by atoms with Crippen molar-refractivity contribution < 1.29 is 19.1 Å². The fraction of sp³-hybridized carbons (Fsp3) is 0.750. The number of rotatable bonds is 5. The smallest absolute Gasteiger partial charge is 0.308 e. The molecule has 1 aliphatic carbocycles. The average molecular weight is 377 g/mol. The molecule has 0 unspecified atom stereocenters. The maximum atomic E-state index is 12.7. The van der Waals surface area contributed by atoms with Crippen LogP contribution in [0.3, 0.4) is 0 Å². The number of amides is 1. The summed E-state index contributed by atoms with van der Waals surface area (Å²) in [5, 5.41) is 7.62. The number of aromatic nitrogens is 2. The Morgan fingerprint density at radius 2 is 2.04 bits per heavy atom. The van der Waals surface area contributed by atoms with Crippen molar-refractivity contribution in [3.8, 4) is 0 Å². The van der Waals surface area contributed by atoms with Gasteiger partial charge in [0.25, 0.3) is 5.91 Å². The summed E-state index contributed by atoms with van der Waals surface area (Å²) in [6.07, 6.45) is 7.07. The number of hydrogen-bond acceptors (Lipinski definition) is 5.